The summed E-state index contributed by atoms with van der Waals surface area (Å²) in [5, 5.41) is 7.15. The Hall–Kier alpha value is -3.15. The van der Waals surface area contributed by atoms with Crippen LogP contribution in [-0.2, 0) is 30.5 Å². The molecule has 1 saturated heterocycles. The van der Waals surface area contributed by atoms with Crippen molar-refractivity contribution in [3.05, 3.63) is 82.4 Å². The molecule has 37 heavy (non-hydrogen) atoms. The first-order chi connectivity index (χ1) is 17.7. The van der Waals surface area contributed by atoms with E-state index in [2.05, 4.69) is 26.1 Å². The molecule has 0 spiro atoms. The minimum atomic E-state index is -4.57. The highest BCUT2D eigenvalue weighted by molar-refractivity contribution is 7.89. The van der Waals surface area contributed by atoms with Crippen LogP contribution in [0, 0.1) is 13.8 Å². The Balaban J connectivity index is 1.27. The maximum absolute atomic E-state index is 13.6. The summed E-state index contributed by atoms with van der Waals surface area (Å²) >= 11 is -1.33. The van der Waals surface area contributed by atoms with Gasteiger partial charge in [-0.15, -0.1) is 14.5 Å². The van der Waals surface area contributed by atoms with Crippen LogP contribution in [0.1, 0.15) is 40.1 Å². The number of pyridine rings is 2. The van der Waals surface area contributed by atoms with Crippen molar-refractivity contribution in [2.45, 2.75) is 50.3 Å². The Labute approximate surface area is 215 Å². The molecule has 0 radical (unpaired) electrons. The predicted molar refractivity (Wildman–Crippen MR) is 134 cm³/mol. The Bertz CT molecular complexity index is 1490. The van der Waals surface area contributed by atoms with Crippen LogP contribution in [-0.4, -0.2) is 47.6 Å². The Kier molecular flexibility index (Phi) is 5.89. The quantitative estimate of drug-likeness (QED) is 0.366. The van der Waals surface area contributed by atoms with Gasteiger partial charge < -0.3 is 9.45 Å². The molecule has 2 aliphatic heterocycles. The molecule has 3 aromatic heterocycles. The molecule has 0 amide bonds. The molecule has 0 saturated carbocycles. The molecule has 0 aliphatic carbocycles. The van der Waals surface area contributed by atoms with Gasteiger partial charge in [-0.2, -0.15) is 13.2 Å². The van der Waals surface area contributed by atoms with Crippen molar-refractivity contribution in [1.29, 1.82) is 0 Å². The SMILES string of the molecule is Cc1ccc(Cc2ccn3c(C(F)(F)F)nnc3c2C)cc1CN1CC2CCN2c2ncccc2[S+]1[O-]. The van der Waals surface area contributed by atoms with Crippen molar-refractivity contribution >= 4 is 22.8 Å². The zero-order chi connectivity index (χ0) is 25.9. The highest BCUT2D eigenvalue weighted by Crippen LogP contribution is 2.37. The number of benzene rings is 1. The van der Waals surface area contributed by atoms with E-state index in [0.29, 0.717) is 31.1 Å². The van der Waals surface area contributed by atoms with Gasteiger partial charge in [0, 0.05) is 31.0 Å². The van der Waals surface area contributed by atoms with E-state index in [1.165, 1.54) is 6.20 Å². The Morgan fingerprint density at radius 1 is 1.11 bits per heavy atom. The normalized spacial score (nSPS) is 19.9. The lowest BCUT2D eigenvalue weighted by atomic mass is 9.97. The largest absolute Gasteiger partial charge is 0.593 e. The van der Waals surface area contributed by atoms with E-state index in [0.717, 1.165) is 50.3 Å². The third-order valence-corrected chi connectivity index (χ3v) is 8.79. The first-order valence-electron chi connectivity index (χ1n) is 12.1. The Morgan fingerprint density at radius 2 is 1.95 bits per heavy atom. The molecule has 4 aromatic rings. The fourth-order valence-corrected chi connectivity index (χ4v) is 6.49. The summed E-state index contributed by atoms with van der Waals surface area (Å²) in [4.78, 5) is 7.49. The summed E-state index contributed by atoms with van der Waals surface area (Å²) in [5.41, 5.74) is 4.94. The van der Waals surface area contributed by atoms with Crippen molar-refractivity contribution < 1.29 is 17.7 Å². The molecule has 2 unspecified atom stereocenters. The van der Waals surface area contributed by atoms with Crippen LogP contribution < -0.4 is 4.90 Å². The number of hydrogen-bond donors (Lipinski definition) is 0. The van der Waals surface area contributed by atoms with Crippen LogP contribution in [0.4, 0.5) is 19.0 Å². The van der Waals surface area contributed by atoms with Crippen molar-refractivity contribution in [1.82, 2.24) is 23.9 Å². The average molecular weight is 527 g/mol. The molecule has 0 bridgehead atoms. The first kappa shape index (κ1) is 24.2. The minimum Gasteiger partial charge on any atom is -0.593 e. The second kappa shape index (κ2) is 9.00. The molecule has 6 rings (SSSR count). The predicted octanol–water partition coefficient (Wildman–Crippen LogP) is 4.47. The lowest BCUT2D eigenvalue weighted by Crippen LogP contribution is -2.52. The molecule has 0 N–H and O–H groups in total. The minimum absolute atomic E-state index is 0.203. The van der Waals surface area contributed by atoms with E-state index in [1.807, 2.05) is 35.5 Å². The van der Waals surface area contributed by atoms with Crippen molar-refractivity contribution in [3.8, 4) is 0 Å². The van der Waals surface area contributed by atoms with Crippen LogP contribution in [0.15, 0.2) is 53.7 Å². The van der Waals surface area contributed by atoms with E-state index >= 15 is 0 Å². The number of nitrogens with zero attached hydrogens (tertiary/aromatic N) is 6. The van der Waals surface area contributed by atoms with Gasteiger partial charge >= 0.3 is 6.18 Å². The van der Waals surface area contributed by atoms with Crippen molar-refractivity contribution in [2.24, 2.45) is 0 Å². The smallest absolute Gasteiger partial charge is 0.452 e. The van der Waals surface area contributed by atoms with Gasteiger partial charge in [0.15, 0.2) is 11.5 Å². The van der Waals surface area contributed by atoms with Gasteiger partial charge in [-0.1, -0.05) is 18.2 Å². The summed E-state index contributed by atoms with van der Waals surface area (Å²) in [6.07, 6.45) is 0.141. The molecular weight excluding hydrogens is 501 g/mol. The number of aromatic nitrogens is 4. The fourth-order valence-electron chi connectivity index (χ4n) is 5.13. The van der Waals surface area contributed by atoms with Crippen molar-refractivity contribution in [2.75, 3.05) is 18.0 Å². The summed E-state index contributed by atoms with van der Waals surface area (Å²) in [6, 6.07) is 11.9. The van der Waals surface area contributed by atoms with Crippen LogP contribution in [0.5, 0.6) is 0 Å². The van der Waals surface area contributed by atoms with E-state index in [4.69, 9.17) is 0 Å². The molecule has 192 valence electrons. The fraction of sp³-hybridized carbons (Fsp3) is 0.346. The van der Waals surface area contributed by atoms with E-state index in [9.17, 15) is 17.7 Å². The summed E-state index contributed by atoms with van der Waals surface area (Å²) in [7, 11) is 0. The van der Waals surface area contributed by atoms with Gasteiger partial charge in [0.05, 0.1) is 24.5 Å². The highest BCUT2D eigenvalue weighted by atomic mass is 32.2. The number of alkyl halides is 3. The Morgan fingerprint density at radius 3 is 2.70 bits per heavy atom. The molecule has 2 aliphatic rings. The monoisotopic (exact) mass is 526 g/mol. The third kappa shape index (κ3) is 4.24. The molecule has 11 heteroatoms. The zero-order valence-electron chi connectivity index (χ0n) is 20.4. The van der Waals surface area contributed by atoms with Crippen LogP contribution >= 0.6 is 0 Å². The number of hydrogen-bond acceptors (Lipinski definition) is 6. The van der Waals surface area contributed by atoms with Crippen molar-refractivity contribution in [3.63, 3.8) is 0 Å². The second-order valence-electron chi connectivity index (χ2n) is 9.65. The number of halogens is 3. The van der Waals surface area contributed by atoms with Gasteiger partial charge in [-0.05, 0) is 66.6 Å². The van der Waals surface area contributed by atoms with Crippen LogP contribution in [0.2, 0.25) is 0 Å². The summed E-state index contributed by atoms with van der Waals surface area (Å²) in [6.45, 7) is 5.95. The van der Waals surface area contributed by atoms with Gasteiger partial charge in [-0.3, -0.25) is 4.40 Å². The number of fused-ring (bicyclic) bond motifs is 4. The molecule has 1 fully saturated rings. The van der Waals surface area contributed by atoms with Crippen LogP contribution in [0.25, 0.3) is 5.65 Å². The van der Waals surface area contributed by atoms with E-state index < -0.39 is 23.4 Å². The van der Waals surface area contributed by atoms with Crippen LogP contribution in [0.3, 0.4) is 0 Å². The first-order valence-corrected chi connectivity index (χ1v) is 13.2. The topological polar surface area (TPSA) is 72.6 Å². The zero-order valence-corrected chi connectivity index (χ0v) is 21.2. The molecule has 5 heterocycles. The van der Waals surface area contributed by atoms with Gasteiger partial charge in [0.1, 0.15) is 0 Å². The lowest BCUT2D eigenvalue weighted by Gasteiger charge is -2.40. The molecule has 7 nitrogen and oxygen atoms in total. The summed E-state index contributed by atoms with van der Waals surface area (Å²) < 4.78 is 56.3. The third-order valence-electron chi connectivity index (χ3n) is 7.35. The number of rotatable bonds is 4. The average Bonchev–Trinajstić information content (AvgIpc) is 3.27. The standard InChI is InChI=1S/C26H25F3N6OS/c1-16-5-6-18(12-19-7-10-35-23(17(19)2)31-32-25(35)26(27,28)29)13-20(16)14-33-15-21-8-11-34(21)24-22(37(33)36)4-3-9-30-24/h3-7,9-10,13,21H,8,11-12,14-15H2,1-2H3. The molecular formula is C26H25F3N6OS. The van der Waals surface area contributed by atoms with Gasteiger partial charge in [-0.25, -0.2) is 4.98 Å². The molecule has 1 aromatic carbocycles. The number of aryl methyl sites for hydroxylation is 2. The van der Waals surface area contributed by atoms with Gasteiger partial charge in [0.2, 0.25) is 10.7 Å². The van der Waals surface area contributed by atoms with Gasteiger partial charge in [0.25, 0.3) is 0 Å². The van der Waals surface area contributed by atoms with E-state index in [1.54, 1.807) is 19.2 Å². The maximum atomic E-state index is 13.6. The van der Waals surface area contributed by atoms with E-state index in [-0.39, 0.29) is 5.65 Å². The maximum Gasteiger partial charge on any atom is 0.452 e. The highest BCUT2D eigenvalue weighted by Gasteiger charge is 2.42. The second-order valence-corrected chi connectivity index (χ2v) is 11.1. The lowest BCUT2D eigenvalue weighted by molar-refractivity contribution is -0.145. The molecule has 2 atom stereocenters. The summed E-state index contributed by atoms with van der Waals surface area (Å²) in [5.74, 6) is -0.208. The number of anilines is 1.